The van der Waals surface area contributed by atoms with Crippen LogP contribution >= 0.6 is 0 Å². The predicted octanol–water partition coefficient (Wildman–Crippen LogP) is 6.31. The Morgan fingerprint density at radius 2 is 1.82 bits per heavy atom. The third kappa shape index (κ3) is 4.85. The molecule has 3 heterocycles. The molecule has 0 saturated carbocycles. The summed E-state index contributed by atoms with van der Waals surface area (Å²) in [6.45, 7) is 7.46. The highest BCUT2D eigenvalue weighted by molar-refractivity contribution is 5.93. The van der Waals surface area contributed by atoms with Crippen LogP contribution in [0.5, 0.6) is 23.1 Å². The van der Waals surface area contributed by atoms with Crippen molar-refractivity contribution in [1.29, 1.82) is 0 Å². The number of hydrogen-bond donors (Lipinski definition) is 2. The zero-order chi connectivity index (χ0) is 28.2. The summed E-state index contributed by atoms with van der Waals surface area (Å²) in [5.41, 5.74) is 2.21. The van der Waals surface area contributed by atoms with Gasteiger partial charge in [0.1, 0.15) is 12.1 Å². The van der Waals surface area contributed by atoms with Gasteiger partial charge in [0.05, 0.1) is 36.0 Å². The highest BCUT2D eigenvalue weighted by atomic mass is 19.1. The second-order valence-corrected chi connectivity index (χ2v) is 8.45. The Morgan fingerprint density at radius 3 is 2.55 bits per heavy atom. The maximum atomic E-state index is 15.2. The largest absolute Gasteiger partial charge is 0.493 e. The highest BCUT2D eigenvalue weighted by Gasteiger charge is 2.16. The van der Waals surface area contributed by atoms with E-state index in [0.29, 0.717) is 50.1 Å². The SMILES string of the molecule is C=C/C=C(\C=C)c1c[nH]c2ccnc(Nc3ccc(Oc4ncnc5cc(OC)c(OC)cc45)c(F)c3)c2c1=O. The summed E-state index contributed by atoms with van der Waals surface area (Å²) >= 11 is 0. The van der Waals surface area contributed by atoms with Gasteiger partial charge in [0.15, 0.2) is 23.1 Å². The lowest BCUT2D eigenvalue weighted by Gasteiger charge is -2.13. The van der Waals surface area contributed by atoms with Gasteiger partial charge in [0, 0.05) is 35.8 Å². The van der Waals surface area contributed by atoms with Crippen LogP contribution in [0.1, 0.15) is 5.56 Å². The fourth-order valence-electron chi connectivity index (χ4n) is 4.21. The molecule has 9 nitrogen and oxygen atoms in total. The fraction of sp³-hybridized carbons (Fsp3) is 0.0667. The molecule has 2 N–H and O–H groups in total. The molecule has 200 valence electrons. The molecule has 0 atom stereocenters. The van der Waals surface area contributed by atoms with Gasteiger partial charge in [-0.1, -0.05) is 31.4 Å². The first kappa shape index (κ1) is 26.1. The number of aromatic amines is 1. The molecule has 0 amide bonds. The lowest BCUT2D eigenvalue weighted by Crippen LogP contribution is -2.12. The molecule has 0 aliphatic heterocycles. The minimum atomic E-state index is -0.657. The molecule has 0 aliphatic carbocycles. The average molecular weight is 538 g/mol. The van der Waals surface area contributed by atoms with Crippen molar-refractivity contribution < 1.29 is 18.6 Å². The number of aromatic nitrogens is 4. The van der Waals surface area contributed by atoms with E-state index in [9.17, 15) is 4.79 Å². The molecule has 3 aromatic heterocycles. The molecule has 0 saturated heterocycles. The molecule has 5 rings (SSSR count). The third-order valence-electron chi connectivity index (χ3n) is 6.13. The van der Waals surface area contributed by atoms with E-state index in [4.69, 9.17) is 14.2 Å². The normalized spacial score (nSPS) is 11.3. The van der Waals surface area contributed by atoms with Crippen LogP contribution in [-0.4, -0.2) is 34.2 Å². The number of halogens is 1. The molecule has 5 aromatic rings. The first-order valence-corrected chi connectivity index (χ1v) is 12.0. The average Bonchev–Trinajstić information content (AvgIpc) is 2.97. The van der Waals surface area contributed by atoms with E-state index >= 15 is 4.39 Å². The van der Waals surface area contributed by atoms with Gasteiger partial charge >= 0.3 is 0 Å². The van der Waals surface area contributed by atoms with Crippen molar-refractivity contribution in [2.24, 2.45) is 0 Å². The standard InChI is InChI=1S/C30H24FN5O4/c1-5-7-17(6-2)20-15-33-22-10-11-32-29(27(22)28(20)37)36-18-8-9-24(21(31)12-18)40-30-19-13-25(38-3)26(39-4)14-23(19)34-16-35-30/h5-16H,1-2H2,3-4H3,(H,32,36)(H,33,37)/b17-7+. The van der Waals surface area contributed by atoms with E-state index in [1.807, 2.05) is 0 Å². The Labute approximate surface area is 228 Å². The van der Waals surface area contributed by atoms with Crippen molar-refractivity contribution in [2.75, 3.05) is 19.5 Å². The number of fused-ring (bicyclic) bond motifs is 2. The van der Waals surface area contributed by atoms with Crippen molar-refractivity contribution >= 4 is 38.9 Å². The Morgan fingerprint density at radius 1 is 1.02 bits per heavy atom. The number of anilines is 2. The van der Waals surface area contributed by atoms with E-state index in [2.05, 4.69) is 38.4 Å². The Balaban J connectivity index is 1.48. The van der Waals surface area contributed by atoms with Crippen LogP contribution in [0.3, 0.4) is 0 Å². The molecule has 10 heteroatoms. The zero-order valence-corrected chi connectivity index (χ0v) is 21.7. The number of benzene rings is 2. The third-order valence-corrected chi connectivity index (χ3v) is 6.13. The van der Waals surface area contributed by atoms with Crippen molar-refractivity contribution in [1.82, 2.24) is 19.9 Å². The maximum absolute atomic E-state index is 15.2. The zero-order valence-electron chi connectivity index (χ0n) is 21.7. The minimum Gasteiger partial charge on any atom is -0.493 e. The number of H-pyrrole nitrogens is 1. The smallest absolute Gasteiger partial charge is 0.230 e. The number of nitrogens with one attached hydrogen (secondary N) is 2. The molecule has 0 unspecified atom stereocenters. The quantitative estimate of drug-likeness (QED) is 0.210. The number of allylic oxidation sites excluding steroid dienone is 4. The van der Waals surface area contributed by atoms with Gasteiger partial charge in [-0.3, -0.25) is 4.79 Å². The molecular weight excluding hydrogens is 513 g/mol. The molecule has 0 aliphatic rings. The first-order valence-electron chi connectivity index (χ1n) is 12.0. The van der Waals surface area contributed by atoms with Crippen LogP contribution < -0.4 is 25.0 Å². The van der Waals surface area contributed by atoms with Gasteiger partial charge in [-0.05, 0) is 29.8 Å². The summed E-state index contributed by atoms with van der Waals surface area (Å²) in [6, 6.07) is 9.34. The molecule has 2 aromatic carbocycles. The van der Waals surface area contributed by atoms with Gasteiger partial charge in [-0.15, -0.1) is 0 Å². The molecule has 0 fully saturated rings. The number of rotatable bonds is 9. The number of methoxy groups -OCH3 is 2. The summed E-state index contributed by atoms with van der Waals surface area (Å²) in [4.78, 5) is 29.2. The summed E-state index contributed by atoms with van der Waals surface area (Å²) in [6.07, 6.45) is 9.31. The van der Waals surface area contributed by atoms with Crippen LogP contribution in [-0.2, 0) is 0 Å². The lowest BCUT2D eigenvalue weighted by molar-refractivity contribution is 0.355. The topological polar surface area (TPSA) is 111 Å². The monoisotopic (exact) mass is 537 g/mol. The van der Waals surface area contributed by atoms with E-state index in [1.165, 1.54) is 32.7 Å². The molecule has 0 bridgehead atoms. The van der Waals surface area contributed by atoms with Gasteiger partial charge in [-0.25, -0.2) is 19.3 Å². The van der Waals surface area contributed by atoms with Crippen LogP contribution in [0.15, 0.2) is 91.3 Å². The minimum absolute atomic E-state index is 0.0588. The van der Waals surface area contributed by atoms with E-state index in [0.717, 1.165) is 0 Å². The van der Waals surface area contributed by atoms with E-state index in [-0.39, 0.29) is 22.9 Å². The number of ether oxygens (including phenoxy) is 3. The van der Waals surface area contributed by atoms with E-state index in [1.54, 1.807) is 54.9 Å². The van der Waals surface area contributed by atoms with Gasteiger partial charge in [0.2, 0.25) is 11.3 Å². The molecule has 0 spiro atoms. The number of hydrogen-bond acceptors (Lipinski definition) is 8. The summed E-state index contributed by atoms with van der Waals surface area (Å²) in [5, 5.41) is 3.87. The van der Waals surface area contributed by atoms with Crippen LogP contribution in [0, 0.1) is 5.82 Å². The maximum Gasteiger partial charge on any atom is 0.230 e. The number of nitrogens with zero attached hydrogens (tertiary/aromatic N) is 3. The second-order valence-electron chi connectivity index (χ2n) is 8.45. The van der Waals surface area contributed by atoms with Gasteiger partial charge in [0.25, 0.3) is 0 Å². The van der Waals surface area contributed by atoms with E-state index < -0.39 is 5.82 Å². The fourth-order valence-corrected chi connectivity index (χ4v) is 4.21. The summed E-state index contributed by atoms with van der Waals surface area (Å²) in [7, 11) is 3.03. The van der Waals surface area contributed by atoms with Crippen LogP contribution in [0.4, 0.5) is 15.9 Å². The molecule has 0 radical (unpaired) electrons. The summed E-state index contributed by atoms with van der Waals surface area (Å²) < 4.78 is 31.7. The lowest BCUT2D eigenvalue weighted by atomic mass is 10.0. The Bertz CT molecular complexity index is 1870. The van der Waals surface area contributed by atoms with Crippen molar-refractivity contribution in [2.45, 2.75) is 0 Å². The molecular formula is C30H24FN5O4. The Hall–Kier alpha value is -5.51. The van der Waals surface area contributed by atoms with Crippen LogP contribution in [0.2, 0.25) is 0 Å². The molecule has 40 heavy (non-hydrogen) atoms. The highest BCUT2D eigenvalue weighted by Crippen LogP contribution is 2.36. The van der Waals surface area contributed by atoms with Gasteiger partial charge < -0.3 is 24.5 Å². The number of pyridine rings is 2. The van der Waals surface area contributed by atoms with Crippen molar-refractivity contribution in [3.05, 3.63) is 108 Å². The second kappa shape index (κ2) is 11.1. The van der Waals surface area contributed by atoms with Gasteiger partial charge in [-0.2, -0.15) is 0 Å². The Kier molecular flexibility index (Phi) is 7.23. The first-order chi connectivity index (χ1) is 19.5. The summed E-state index contributed by atoms with van der Waals surface area (Å²) in [5.74, 6) is 0.637. The van der Waals surface area contributed by atoms with Crippen molar-refractivity contribution in [3.8, 4) is 23.1 Å². The van der Waals surface area contributed by atoms with Crippen molar-refractivity contribution in [3.63, 3.8) is 0 Å². The van der Waals surface area contributed by atoms with Crippen LogP contribution in [0.25, 0.3) is 27.4 Å². The predicted molar refractivity (Wildman–Crippen MR) is 153 cm³/mol.